The van der Waals surface area contributed by atoms with Crippen LogP contribution in [0.2, 0.25) is 0 Å². The highest BCUT2D eigenvalue weighted by atomic mass is 15.2. The minimum Gasteiger partial charge on any atom is -0.353 e. The average Bonchev–Trinajstić information content (AvgIpc) is 2.37. The summed E-state index contributed by atoms with van der Waals surface area (Å²) in [5, 5.41) is 3.38. The van der Waals surface area contributed by atoms with Crippen LogP contribution in [0.15, 0.2) is 12.4 Å². The zero-order chi connectivity index (χ0) is 13.0. The molecule has 1 saturated heterocycles. The van der Waals surface area contributed by atoms with E-state index in [-0.39, 0.29) is 0 Å². The maximum absolute atomic E-state index is 4.72. The maximum Gasteiger partial charge on any atom is 0.147 e. The van der Waals surface area contributed by atoms with Crippen molar-refractivity contribution in [3.63, 3.8) is 0 Å². The number of rotatable bonds is 4. The summed E-state index contributed by atoms with van der Waals surface area (Å²) in [5.74, 6) is 1.03. The molecule has 100 valence electrons. The monoisotopic (exact) mass is 248 g/mol. The topological polar surface area (TPSA) is 41.1 Å². The Balaban J connectivity index is 2.06. The van der Waals surface area contributed by atoms with Crippen molar-refractivity contribution in [1.29, 1.82) is 0 Å². The fourth-order valence-electron chi connectivity index (χ4n) is 2.37. The second-order valence-corrected chi connectivity index (χ2v) is 5.44. The summed E-state index contributed by atoms with van der Waals surface area (Å²) in [7, 11) is 0. The van der Waals surface area contributed by atoms with Crippen LogP contribution >= 0.6 is 0 Å². The summed E-state index contributed by atoms with van der Waals surface area (Å²) < 4.78 is 0. The molecule has 0 amide bonds. The van der Waals surface area contributed by atoms with E-state index in [1.807, 2.05) is 12.4 Å². The van der Waals surface area contributed by atoms with Gasteiger partial charge in [-0.1, -0.05) is 13.8 Å². The van der Waals surface area contributed by atoms with Crippen LogP contribution in [0.25, 0.3) is 0 Å². The van der Waals surface area contributed by atoms with Crippen LogP contribution in [-0.4, -0.2) is 28.6 Å². The molecule has 0 radical (unpaired) electrons. The quantitative estimate of drug-likeness (QED) is 0.888. The number of aromatic nitrogens is 2. The molecule has 2 heterocycles. The Hall–Kier alpha value is -1.16. The molecule has 1 aliphatic heterocycles. The maximum atomic E-state index is 4.72. The minimum atomic E-state index is 0.476. The fraction of sp³-hybridized carbons (Fsp3) is 0.714. The van der Waals surface area contributed by atoms with E-state index in [1.165, 1.54) is 19.3 Å². The van der Waals surface area contributed by atoms with Crippen LogP contribution < -0.4 is 10.2 Å². The predicted molar refractivity (Wildman–Crippen MR) is 74.7 cm³/mol. The van der Waals surface area contributed by atoms with Crippen molar-refractivity contribution in [3.05, 3.63) is 18.1 Å². The van der Waals surface area contributed by atoms with Crippen LogP contribution in [0.1, 0.15) is 45.7 Å². The third kappa shape index (κ3) is 3.42. The molecule has 4 heteroatoms. The van der Waals surface area contributed by atoms with Gasteiger partial charge in [0.1, 0.15) is 5.82 Å². The number of piperidine rings is 1. The lowest BCUT2D eigenvalue weighted by atomic mass is 10.0. The van der Waals surface area contributed by atoms with E-state index in [9.17, 15) is 0 Å². The van der Waals surface area contributed by atoms with Gasteiger partial charge in [-0.25, -0.2) is 4.98 Å². The lowest BCUT2D eigenvalue weighted by molar-refractivity contribution is 0.479. The van der Waals surface area contributed by atoms with Gasteiger partial charge in [-0.2, -0.15) is 0 Å². The predicted octanol–water partition coefficient (Wildman–Crippen LogP) is 2.35. The Kier molecular flexibility index (Phi) is 4.53. The number of hydrogen-bond acceptors (Lipinski definition) is 4. The van der Waals surface area contributed by atoms with Gasteiger partial charge in [-0.3, -0.25) is 4.98 Å². The Labute approximate surface area is 110 Å². The molecule has 4 nitrogen and oxygen atoms in total. The van der Waals surface area contributed by atoms with Gasteiger partial charge in [0.2, 0.25) is 0 Å². The highest BCUT2D eigenvalue weighted by molar-refractivity contribution is 5.38. The molecule has 1 atom stereocenters. The molecule has 1 fully saturated rings. The lowest BCUT2D eigenvalue weighted by Crippen LogP contribution is -2.38. The van der Waals surface area contributed by atoms with Gasteiger partial charge in [0.15, 0.2) is 0 Å². The molecule has 1 aromatic heterocycles. The minimum absolute atomic E-state index is 0.476. The molecule has 0 saturated carbocycles. The Bertz CT molecular complexity index is 378. The van der Waals surface area contributed by atoms with Crippen molar-refractivity contribution in [1.82, 2.24) is 15.3 Å². The smallest absolute Gasteiger partial charge is 0.147 e. The molecule has 1 aromatic rings. The van der Waals surface area contributed by atoms with E-state index in [1.54, 1.807) is 0 Å². The molecule has 18 heavy (non-hydrogen) atoms. The zero-order valence-corrected chi connectivity index (χ0v) is 11.7. The average molecular weight is 248 g/mol. The van der Waals surface area contributed by atoms with E-state index in [0.717, 1.165) is 24.6 Å². The first-order valence-electron chi connectivity index (χ1n) is 6.98. The van der Waals surface area contributed by atoms with Gasteiger partial charge in [-0.05, 0) is 26.2 Å². The molecular formula is C14H24N4. The van der Waals surface area contributed by atoms with E-state index < -0.39 is 0 Å². The zero-order valence-electron chi connectivity index (χ0n) is 11.7. The first kappa shape index (κ1) is 13.3. The summed E-state index contributed by atoms with van der Waals surface area (Å²) in [5.41, 5.74) is 1.03. The molecule has 1 N–H and O–H groups in total. The van der Waals surface area contributed by atoms with Crippen LogP contribution in [0.3, 0.4) is 0 Å². The molecule has 1 aliphatic rings. The largest absolute Gasteiger partial charge is 0.353 e. The van der Waals surface area contributed by atoms with Crippen molar-refractivity contribution >= 4 is 5.82 Å². The summed E-state index contributed by atoms with van der Waals surface area (Å²) in [6.07, 6.45) is 7.60. The Morgan fingerprint density at radius 2 is 2.22 bits per heavy atom. The van der Waals surface area contributed by atoms with Gasteiger partial charge in [-0.15, -0.1) is 0 Å². The van der Waals surface area contributed by atoms with Crippen LogP contribution in [0, 0.1) is 0 Å². The summed E-state index contributed by atoms with van der Waals surface area (Å²) in [4.78, 5) is 11.4. The summed E-state index contributed by atoms with van der Waals surface area (Å²) in [6, 6.07) is 1.06. The highest BCUT2D eigenvalue weighted by Gasteiger charge is 2.19. The second kappa shape index (κ2) is 6.14. The van der Waals surface area contributed by atoms with Crippen molar-refractivity contribution in [2.75, 3.05) is 11.4 Å². The number of anilines is 1. The second-order valence-electron chi connectivity index (χ2n) is 5.44. The molecule has 0 aliphatic carbocycles. The van der Waals surface area contributed by atoms with Crippen molar-refractivity contribution in [2.24, 2.45) is 0 Å². The molecule has 0 aromatic carbocycles. The van der Waals surface area contributed by atoms with Crippen molar-refractivity contribution in [2.45, 2.75) is 58.7 Å². The molecule has 0 spiro atoms. The number of hydrogen-bond donors (Lipinski definition) is 1. The number of nitrogens with one attached hydrogen (secondary N) is 1. The van der Waals surface area contributed by atoms with E-state index in [0.29, 0.717) is 12.1 Å². The molecule has 2 rings (SSSR count). The van der Waals surface area contributed by atoms with Gasteiger partial charge >= 0.3 is 0 Å². The van der Waals surface area contributed by atoms with Crippen molar-refractivity contribution < 1.29 is 0 Å². The van der Waals surface area contributed by atoms with Crippen LogP contribution in [0.4, 0.5) is 5.82 Å². The lowest BCUT2D eigenvalue weighted by Gasteiger charge is -2.34. The van der Waals surface area contributed by atoms with Crippen LogP contribution in [0.5, 0.6) is 0 Å². The first-order valence-corrected chi connectivity index (χ1v) is 6.98. The van der Waals surface area contributed by atoms with Gasteiger partial charge in [0.05, 0.1) is 11.9 Å². The molecule has 0 bridgehead atoms. The van der Waals surface area contributed by atoms with Gasteiger partial charge < -0.3 is 10.2 Å². The van der Waals surface area contributed by atoms with Gasteiger partial charge in [0, 0.05) is 31.4 Å². The highest BCUT2D eigenvalue weighted by Crippen LogP contribution is 2.22. The molecular weight excluding hydrogens is 224 g/mol. The summed E-state index contributed by atoms with van der Waals surface area (Å²) >= 11 is 0. The first-order chi connectivity index (χ1) is 8.66. The van der Waals surface area contributed by atoms with Gasteiger partial charge in [0.25, 0.3) is 0 Å². The summed E-state index contributed by atoms with van der Waals surface area (Å²) in [6.45, 7) is 8.46. The van der Waals surface area contributed by atoms with E-state index >= 15 is 0 Å². The number of nitrogens with zero attached hydrogens (tertiary/aromatic N) is 3. The van der Waals surface area contributed by atoms with Crippen molar-refractivity contribution in [3.8, 4) is 0 Å². The normalized spacial score (nSPS) is 20.4. The fourth-order valence-corrected chi connectivity index (χ4v) is 2.37. The van der Waals surface area contributed by atoms with E-state index in [2.05, 4.69) is 36.0 Å². The molecule has 1 unspecified atom stereocenters. The standard InChI is InChI=1S/C14H24N4/c1-11(2)16-9-13-8-15-10-14(17-13)18-7-5-4-6-12(18)3/h8,10-12,16H,4-7,9H2,1-3H3. The Morgan fingerprint density at radius 3 is 2.94 bits per heavy atom. The van der Waals surface area contributed by atoms with Crippen LogP contribution in [-0.2, 0) is 6.54 Å². The Morgan fingerprint density at radius 1 is 1.39 bits per heavy atom. The SMILES string of the molecule is CC(C)NCc1cncc(N2CCCCC2C)n1. The third-order valence-corrected chi connectivity index (χ3v) is 3.46. The van der Waals surface area contributed by atoms with E-state index in [4.69, 9.17) is 4.98 Å². The third-order valence-electron chi connectivity index (χ3n) is 3.46.